The van der Waals surface area contributed by atoms with E-state index in [4.69, 9.17) is 5.73 Å². The molecular weight excluding hydrogens is 198 g/mol. The van der Waals surface area contributed by atoms with E-state index in [1.54, 1.807) is 0 Å². The van der Waals surface area contributed by atoms with Gasteiger partial charge in [0.05, 0.1) is 0 Å². The van der Waals surface area contributed by atoms with Gasteiger partial charge in [0.2, 0.25) is 0 Å². The molecule has 16 heavy (non-hydrogen) atoms. The zero-order valence-corrected chi connectivity index (χ0v) is 10.2. The molecule has 2 N–H and O–H groups in total. The van der Waals surface area contributed by atoms with Crippen LogP contribution < -0.4 is 10.6 Å². The fraction of sp³-hybridized carbons (Fsp3) is 0.615. The van der Waals surface area contributed by atoms with Gasteiger partial charge in [0.15, 0.2) is 0 Å². The Bertz CT molecular complexity index is 328. The number of anilines is 1. The lowest BCUT2D eigenvalue weighted by atomic mass is 9.85. The number of rotatable bonds is 4. The van der Waals surface area contributed by atoms with Crippen molar-refractivity contribution in [3.63, 3.8) is 0 Å². The summed E-state index contributed by atoms with van der Waals surface area (Å²) in [5.74, 6) is 1.93. The van der Waals surface area contributed by atoms with Crippen LogP contribution in [0.3, 0.4) is 0 Å². The minimum absolute atomic E-state index is 0.0680. The third kappa shape index (κ3) is 2.53. The molecule has 0 amide bonds. The lowest BCUT2D eigenvalue weighted by Gasteiger charge is -2.30. The van der Waals surface area contributed by atoms with E-state index in [1.807, 2.05) is 13.1 Å². The van der Waals surface area contributed by atoms with Crippen LogP contribution in [0.4, 0.5) is 5.82 Å². The molecule has 0 bridgehead atoms. The molecule has 3 heteroatoms. The Balaban J connectivity index is 1.97. The Kier molecular flexibility index (Phi) is 3.44. The fourth-order valence-corrected chi connectivity index (χ4v) is 2.05. The lowest BCUT2D eigenvalue weighted by molar-refractivity contribution is 0.321. The summed E-state index contributed by atoms with van der Waals surface area (Å²) >= 11 is 0. The Hall–Kier alpha value is -1.09. The van der Waals surface area contributed by atoms with Crippen LogP contribution in [0.25, 0.3) is 0 Å². The van der Waals surface area contributed by atoms with Crippen molar-refractivity contribution in [2.45, 2.75) is 32.2 Å². The highest BCUT2D eigenvalue weighted by Crippen LogP contribution is 2.27. The molecule has 1 saturated carbocycles. The second-order valence-electron chi connectivity index (χ2n) is 4.92. The maximum Gasteiger partial charge on any atom is 0.128 e. The Labute approximate surface area is 97.7 Å². The summed E-state index contributed by atoms with van der Waals surface area (Å²) in [6.07, 6.45) is 6.04. The molecule has 0 spiro atoms. The van der Waals surface area contributed by atoms with Gasteiger partial charge in [-0.15, -0.1) is 0 Å². The summed E-state index contributed by atoms with van der Waals surface area (Å²) in [7, 11) is 2.12. The van der Waals surface area contributed by atoms with Gasteiger partial charge in [0, 0.05) is 25.8 Å². The quantitative estimate of drug-likeness (QED) is 0.845. The van der Waals surface area contributed by atoms with E-state index >= 15 is 0 Å². The smallest absolute Gasteiger partial charge is 0.128 e. The zero-order valence-electron chi connectivity index (χ0n) is 10.2. The number of hydrogen-bond donors (Lipinski definition) is 1. The van der Waals surface area contributed by atoms with Crippen LogP contribution in [0.15, 0.2) is 18.3 Å². The summed E-state index contributed by atoms with van der Waals surface area (Å²) in [5.41, 5.74) is 6.90. The van der Waals surface area contributed by atoms with Gasteiger partial charge in [0.1, 0.15) is 5.82 Å². The van der Waals surface area contributed by atoms with Crippen LogP contribution in [-0.4, -0.2) is 18.6 Å². The van der Waals surface area contributed by atoms with Gasteiger partial charge in [-0.3, -0.25) is 0 Å². The highest BCUT2D eigenvalue weighted by atomic mass is 15.2. The van der Waals surface area contributed by atoms with Crippen LogP contribution >= 0.6 is 0 Å². The molecule has 1 aliphatic carbocycles. The lowest BCUT2D eigenvalue weighted by Crippen LogP contribution is -2.29. The van der Waals surface area contributed by atoms with Crippen LogP contribution in [0.5, 0.6) is 0 Å². The van der Waals surface area contributed by atoms with Crippen molar-refractivity contribution in [1.29, 1.82) is 0 Å². The van der Waals surface area contributed by atoms with Crippen molar-refractivity contribution in [1.82, 2.24) is 4.98 Å². The minimum atomic E-state index is 0.0680. The van der Waals surface area contributed by atoms with Gasteiger partial charge in [-0.25, -0.2) is 4.98 Å². The molecule has 88 valence electrons. The summed E-state index contributed by atoms with van der Waals surface area (Å²) in [6.45, 7) is 3.11. The van der Waals surface area contributed by atoms with E-state index in [-0.39, 0.29) is 6.04 Å². The van der Waals surface area contributed by atoms with Gasteiger partial charge >= 0.3 is 0 Å². The monoisotopic (exact) mass is 219 g/mol. The van der Waals surface area contributed by atoms with Crippen LogP contribution in [0.1, 0.15) is 37.8 Å². The third-order valence-corrected chi connectivity index (χ3v) is 3.44. The summed E-state index contributed by atoms with van der Waals surface area (Å²) < 4.78 is 0. The fourth-order valence-electron chi connectivity index (χ4n) is 2.05. The van der Waals surface area contributed by atoms with Gasteiger partial charge < -0.3 is 10.6 Å². The SMILES string of the molecule is C[C@H](N)c1ccc(N(C)CC2CCC2)nc1. The van der Waals surface area contributed by atoms with Crippen molar-refractivity contribution in [2.75, 3.05) is 18.5 Å². The van der Waals surface area contributed by atoms with Crippen LogP contribution in [-0.2, 0) is 0 Å². The first kappa shape index (κ1) is 11.4. The molecule has 3 nitrogen and oxygen atoms in total. The molecule has 0 unspecified atom stereocenters. The predicted molar refractivity (Wildman–Crippen MR) is 67.5 cm³/mol. The molecule has 1 atom stereocenters. The molecule has 1 aromatic heterocycles. The first-order chi connectivity index (χ1) is 7.66. The average molecular weight is 219 g/mol. The van der Waals surface area contributed by atoms with E-state index in [2.05, 4.69) is 29.1 Å². The summed E-state index contributed by atoms with van der Waals surface area (Å²) in [5, 5.41) is 0. The van der Waals surface area contributed by atoms with Crippen molar-refractivity contribution < 1.29 is 0 Å². The number of hydrogen-bond acceptors (Lipinski definition) is 3. The van der Waals surface area contributed by atoms with Crippen molar-refractivity contribution >= 4 is 5.82 Å². The van der Waals surface area contributed by atoms with Gasteiger partial charge in [-0.1, -0.05) is 12.5 Å². The zero-order chi connectivity index (χ0) is 11.5. The number of nitrogens with two attached hydrogens (primary N) is 1. The van der Waals surface area contributed by atoms with E-state index in [9.17, 15) is 0 Å². The maximum absolute atomic E-state index is 5.80. The Morgan fingerprint density at radius 3 is 2.69 bits per heavy atom. The van der Waals surface area contributed by atoms with Crippen molar-refractivity contribution in [3.8, 4) is 0 Å². The molecule has 0 aliphatic heterocycles. The summed E-state index contributed by atoms with van der Waals surface area (Å²) in [4.78, 5) is 6.70. The molecule has 0 aromatic carbocycles. The predicted octanol–water partition coefficient (Wildman–Crippen LogP) is 2.34. The third-order valence-electron chi connectivity index (χ3n) is 3.44. The first-order valence-electron chi connectivity index (χ1n) is 6.09. The minimum Gasteiger partial charge on any atom is -0.359 e. The Morgan fingerprint density at radius 2 is 2.25 bits per heavy atom. The Morgan fingerprint density at radius 1 is 1.50 bits per heavy atom. The molecular formula is C13H21N3. The number of nitrogens with zero attached hydrogens (tertiary/aromatic N) is 2. The maximum atomic E-state index is 5.80. The highest BCUT2D eigenvalue weighted by molar-refractivity contribution is 5.38. The van der Waals surface area contributed by atoms with Crippen LogP contribution in [0.2, 0.25) is 0 Å². The van der Waals surface area contributed by atoms with E-state index < -0.39 is 0 Å². The molecule has 1 aliphatic rings. The van der Waals surface area contributed by atoms with Gasteiger partial charge in [-0.05, 0) is 37.3 Å². The summed E-state index contributed by atoms with van der Waals surface area (Å²) in [6, 6.07) is 4.21. The second-order valence-corrected chi connectivity index (χ2v) is 4.92. The van der Waals surface area contributed by atoms with E-state index in [1.165, 1.54) is 19.3 Å². The van der Waals surface area contributed by atoms with E-state index in [0.717, 1.165) is 23.8 Å². The molecule has 1 heterocycles. The molecule has 2 rings (SSSR count). The topological polar surface area (TPSA) is 42.1 Å². The first-order valence-corrected chi connectivity index (χ1v) is 6.09. The highest BCUT2D eigenvalue weighted by Gasteiger charge is 2.19. The largest absolute Gasteiger partial charge is 0.359 e. The second kappa shape index (κ2) is 4.83. The van der Waals surface area contributed by atoms with Crippen molar-refractivity contribution in [2.24, 2.45) is 11.7 Å². The molecule has 1 aromatic rings. The van der Waals surface area contributed by atoms with Crippen molar-refractivity contribution in [3.05, 3.63) is 23.9 Å². The van der Waals surface area contributed by atoms with Gasteiger partial charge in [0.25, 0.3) is 0 Å². The number of pyridine rings is 1. The molecule has 1 fully saturated rings. The molecule has 0 saturated heterocycles. The van der Waals surface area contributed by atoms with E-state index in [0.29, 0.717) is 0 Å². The van der Waals surface area contributed by atoms with Gasteiger partial charge in [-0.2, -0.15) is 0 Å². The average Bonchev–Trinajstić information content (AvgIpc) is 2.23. The molecule has 0 radical (unpaired) electrons. The van der Waals surface area contributed by atoms with Crippen LogP contribution in [0, 0.1) is 5.92 Å². The normalized spacial score (nSPS) is 17.9. The standard InChI is InChI=1S/C13H21N3/c1-10(14)12-6-7-13(15-8-12)16(2)9-11-4-3-5-11/h6-8,10-11H,3-5,9,14H2,1-2H3/t10-/m0/s1. The number of aromatic nitrogens is 1.